The third-order valence-electron chi connectivity index (χ3n) is 3.97. The van der Waals surface area contributed by atoms with Gasteiger partial charge >= 0.3 is 5.97 Å². The first-order valence-corrected chi connectivity index (χ1v) is 8.07. The van der Waals surface area contributed by atoms with Crippen molar-refractivity contribution in [1.82, 2.24) is 0 Å². The summed E-state index contributed by atoms with van der Waals surface area (Å²) in [6, 6.07) is 13.8. The largest absolute Gasteiger partial charge is 0.493 e. The lowest BCUT2D eigenvalue weighted by Gasteiger charge is -2.19. The lowest BCUT2D eigenvalue weighted by molar-refractivity contribution is 0.0524. The van der Waals surface area contributed by atoms with Crippen LogP contribution >= 0.6 is 0 Å². The van der Waals surface area contributed by atoms with E-state index in [4.69, 9.17) is 14.2 Å². The normalized spacial score (nSPS) is 11.7. The van der Waals surface area contributed by atoms with Crippen molar-refractivity contribution in [2.24, 2.45) is 0 Å². The summed E-state index contributed by atoms with van der Waals surface area (Å²) in [6.45, 7) is 4.22. The van der Waals surface area contributed by atoms with E-state index in [0.717, 1.165) is 12.0 Å². The minimum Gasteiger partial charge on any atom is -0.493 e. The van der Waals surface area contributed by atoms with Crippen molar-refractivity contribution in [3.8, 4) is 11.5 Å². The van der Waals surface area contributed by atoms with Crippen LogP contribution in [0.5, 0.6) is 11.5 Å². The van der Waals surface area contributed by atoms with Gasteiger partial charge in [-0.1, -0.05) is 37.3 Å². The first kappa shape index (κ1) is 17.9. The Hall–Kier alpha value is -2.49. The Balaban J connectivity index is 2.42. The zero-order valence-corrected chi connectivity index (χ0v) is 14.7. The Bertz CT molecular complexity index is 680. The van der Waals surface area contributed by atoms with Crippen molar-refractivity contribution >= 4 is 5.97 Å². The van der Waals surface area contributed by atoms with Gasteiger partial charge in [0, 0.05) is 0 Å². The maximum Gasteiger partial charge on any atom is 0.338 e. The van der Waals surface area contributed by atoms with E-state index >= 15 is 0 Å². The van der Waals surface area contributed by atoms with E-state index in [1.807, 2.05) is 24.3 Å². The molecule has 4 heteroatoms. The summed E-state index contributed by atoms with van der Waals surface area (Å²) in [7, 11) is 3.15. The van der Waals surface area contributed by atoms with E-state index in [0.29, 0.717) is 23.7 Å². The van der Waals surface area contributed by atoms with Crippen molar-refractivity contribution < 1.29 is 19.0 Å². The molecule has 128 valence electrons. The molecule has 2 aromatic carbocycles. The Morgan fingerprint density at radius 3 is 2.25 bits per heavy atom. The first-order valence-electron chi connectivity index (χ1n) is 8.07. The third kappa shape index (κ3) is 4.07. The number of hydrogen-bond donors (Lipinski definition) is 0. The highest BCUT2D eigenvalue weighted by atomic mass is 16.5. The molecule has 0 aliphatic heterocycles. The molecule has 0 amide bonds. The SMILES string of the molecule is CCOC(=O)c1cc(OC)c(OC)cc1C(C)Cc1ccccc1. The Labute approximate surface area is 143 Å². The molecule has 24 heavy (non-hydrogen) atoms. The van der Waals surface area contributed by atoms with Crippen molar-refractivity contribution in [1.29, 1.82) is 0 Å². The fourth-order valence-corrected chi connectivity index (χ4v) is 2.77. The molecule has 0 bridgehead atoms. The van der Waals surface area contributed by atoms with Gasteiger partial charge in [0.05, 0.1) is 26.4 Å². The van der Waals surface area contributed by atoms with Crippen LogP contribution in [0.4, 0.5) is 0 Å². The second kappa shape index (κ2) is 8.39. The van der Waals surface area contributed by atoms with Gasteiger partial charge in [0.15, 0.2) is 11.5 Å². The highest BCUT2D eigenvalue weighted by molar-refractivity contribution is 5.92. The summed E-state index contributed by atoms with van der Waals surface area (Å²) in [5, 5.41) is 0. The summed E-state index contributed by atoms with van der Waals surface area (Å²) in [5.74, 6) is 0.927. The fraction of sp³-hybridized carbons (Fsp3) is 0.350. The monoisotopic (exact) mass is 328 g/mol. The molecule has 0 fully saturated rings. The minimum atomic E-state index is -0.339. The molecule has 2 aromatic rings. The second-order valence-corrected chi connectivity index (χ2v) is 5.61. The third-order valence-corrected chi connectivity index (χ3v) is 3.97. The summed E-state index contributed by atoms with van der Waals surface area (Å²) < 4.78 is 15.9. The summed E-state index contributed by atoms with van der Waals surface area (Å²) in [6.07, 6.45) is 0.822. The molecule has 0 saturated heterocycles. The van der Waals surface area contributed by atoms with Gasteiger partial charge in [-0.15, -0.1) is 0 Å². The van der Waals surface area contributed by atoms with Crippen LogP contribution in [0.2, 0.25) is 0 Å². The van der Waals surface area contributed by atoms with Crippen LogP contribution in [-0.2, 0) is 11.2 Å². The Morgan fingerprint density at radius 1 is 1.04 bits per heavy atom. The predicted octanol–water partition coefficient (Wildman–Crippen LogP) is 4.23. The van der Waals surface area contributed by atoms with Crippen LogP contribution < -0.4 is 9.47 Å². The molecule has 4 nitrogen and oxygen atoms in total. The van der Waals surface area contributed by atoms with Crippen molar-refractivity contribution in [3.63, 3.8) is 0 Å². The van der Waals surface area contributed by atoms with Gasteiger partial charge in [-0.2, -0.15) is 0 Å². The number of ether oxygens (including phenoxy) is 3. The number of carbonyl (C=O) groups excluding carboxylic acids is 1. The average molecular weight is 328 g/mol. The number of benzene rings is 2. The number of rotatable bonds is 7. The molecule has 0 spiro atoms. The number of carbonyl (C=O) groups is 1. The van der Waals surface area contributed by atoms with Crippen molar-refractivity contribution in [2.45, 2.75) is 26.2 Å². The Kier molecular flexibility index (Phi) is 6.24. The van der Waals surface area contributed by atoms with Crippen LogP contribution in [0, 0.1) is 0 Å². The quantitative estimate of drug-likeness (QED) is 0.714. The highest BCUT2D eigenvalue weighted by Crippen LogP contribution is 2.35. The number of hydrogen-bond acceptors (Lipinski definition) is 4. The maximum atomic E-state index is 12.4. The molecule has 0 aliphatic rings. The topological polar surface area (TPSA) is 44.8 Å². The molecule has 0 radical (unpaired) electrons. The van der Waals surface area contributed by atoms with Gasteiger partial charge in [0.25, 0.3) is 0 Å². The second-order valence-electron chi connectivity index (χ2n) is 5.61. The zero-order valence-electron chi connectivity index (χ0n) is 14.7. The maximum absolute atomic E-state index is 12.4. The van der Waals surface area contributed by atoms with E-state index in [1.54, 1.807) is 27.2 Å². The molecule has 2 rings (SSSR count). The molecule has 1 unspecified atom stereocenters. The molecule has 0 N–H and O–H groups in total. The van der Waals surface area contributed by atoms with E-state index in [2.05, 4.69) is 19.1 Å². The first-order chi connectivity index (χ1) is 11.6. The van der Waals surface area contributed by atoms with Crippen LogP contribution in [0.3, 0.4) is 0 Å². The summed E-state index contributed by atoms with van der Waals surface area (Å²) >= 11 is 0. The van der Waals surface area contributed by atoms with Gasteiger partial charge in [-0.05, 0) is 42.5 Å². The van der Waals surface area contributed by atoms with E-state index < -0.39 is 0 Å². The number of methoxy groups -OCH3 is 2. The zero-order chi connectivity index (χ0) is 17.5. The van der Waals surface area contributed by atoms with Gasteiger partial charge < -0.3 is 14.2 Å². The number of esters is 1. The lowest BCUT2D eigenvalue weighted by Crippen LogP contribution is -2.12. The molecule has 0 aliphatic carbocycles. The molecule has 0 saturated carbocycles. The van der Waals surface area contributed by atoms with E-state index in [1.165, 1.54) is 5.56 Å². The summed E-state index contributed by atoms with van der Waals surface area (Å²) in [5.41, 5.74) is 2.64. The van der Waals surface area contributed by atoms with Crippen LogP contribution in [0.25, 0.3) is 0 Å². The van der Waals surface area contributed by atoms with E-state index in [9.17, 15) is 4.79 Å². The van der Waals surface area contributed by atoms with Crippen molar-refractivity contribution in [3.05, 3.63) is 59.2 Å². The lowest BCUT2D eigenvalue weighted by atomic mass is 9.89. The highest BCUT2D eigenvalue weighted by Gasteiger charge is 2.21. The van der Waals surface area contributed by atoms with Gasteiger partial charge in [0.2, 0.25) is 0 Å². The van der Waals surface area contributed by atoms with Gasteiger partial charge in [-0.25, -0.2) is 4.79 Å². The standard InChI is InChI=1S/C20H24O4/c1-5-24-20(21)17-13-19(23-4)18(22-3)12-16(17)14(2)11-15-9-7-6-8-10-15/h6-10,12-14H,5,11H2,1-4H3. The fourth-order valence-electron chi connectivity index (χ4n) is 2.77. The molecular weight excluding hydrogens is 304 g/mol. The van der Waals surface area contributed by atoms with Gasteiger partial charge in [0.1, 0.15) is 0 Å². The van der Waals surface area contributed by atoms with E-state index in [-0.39, 0.29) is 11.9 Å². The Morgan fingerprint density at radius 2 is 1.67 bits per heavy atom. The molecule has 0 aromatic heterocycles. The van der Waals surface area contributed by atoms with Gasteiger partial charge in [-0.3, -0.25) is 0 Å². The van der Waals surface area contributed by atoms with Crippen LogP contribution in [0.15, 0.2) is 42.5 Å². The van der Waals surface area contributed by atoms with Crippen LogP contribution in [0.1, 0.15) is 41.3 Å². The van der Waals surface area contributed by atoms with Crippen molar-refractivity contribution in [2.75, 3.05) is 20.8 Å². The molecular formula is C20H24O4. The molecule has 0 heterocycles. The summed E-state index contributed by atoms with van der Waals surface area (Å²) in [4.78, 5) is 12.4. The smallest absolute Gasteiger partial charge is 0.338 e. The molecule has 1 atom stereocenters. The van der Waals surface area contributed by atoms with Crippen LogP contribution in [-0.4, -0.2) is 26.8 Å². The minimum absolute atomic E-state index is 0.131. The predicted molar refractivity (Wildman–Crippen MR) is 94.1 cm³/mol. The average Bonchev–Trinajstić information content (AvgIpc) is 2.61.